The summed E-state index contributed by atoms with van der Waals surface area (Å²) in [5, 5.41) is 15.8. The maximum absolute atomic E-state index is 10.1. The van der Waals surface area contributed by atoms with Gasteiger partial charge in [-0.3, -0.25) is 9.59 Å². The maximum Gasteiger partial charge on any atom is 0.338 e. The zero-order valence-corrected chi connectivity index (χ0v) is 8.52. The molecule has 0 aromatic carbocycles. The van der Waals surface area contributed by atoms with E-state index in [0.717, 1.165) is 0 Å². The topological polar surface area (TPSA) is 105 Å². The first-order valence-electron chi connectivity index (χ1n) is 3.87. The van der Waals surface area contributed by atoms with Gasteiger partial charge in [0.1, 0.15) is 8.43 Å². The first kappa shape index (κ1) is 13.3. The molecule has 0 fully saturated rings. The Labute approximate surface area is 86.4 Å². The lowest BCUT2D eigenvalue weighted by Gasteiger charge is -1.85. The normalized spacial score (nSPS) is 9.07. The summed E-state index contributed by atoms with van der Waals surface area (Å²) in [6, 6.07) is 3.06. The Balaban J connectivity index is 0.000000262. The molecule has 1 rings (SSSR count). The molecule has 0 saturated carbocycles. The van der Waals surface area contributed by atoms with Crippen molar-refractivity contribution in [3.63, 3.8) is 0 Å². The fraction of sp³-hybridized carbons (Fsp3) is 0.250. The molecule has 2 N–H and O–H groups in total. The molecule has 6 nitrogen and oxygen atoms in total. The highest BCUT2D eigenvalue weighted by atomic mass is 31.1. The van der Waals surface area contributed by atoms with Gasteiger partial charge in [-0.25, -0.2) is 4.79 Å². The molecule has 0 saturated heterocycles. The predicted octanol–water partition coefficient (Wildman–Crippen LogP) is 1.16. The second-order valence-corrected chi connectivity index (χ2v) is 3.00. The average molecular weight is 232 g/mol. The zero-order valence-electron chi connectivity index (χ0n) is 7.62. The summed E-state index contributed by atoms with van der Waals surface area (Å²) in [6.07, 6.45) is -0.593. The number of carboxylic acid groups (broad SMARTS) is 2. The fourth-order valence-electron chi connectivity index (χ4n) is 0.483. The van der Waals surface area contributed by atoms with Gasteiger partial charge in [-0.15, -0.1) is 0 Å². The third-order valence-electron chi connectivity index (χ3n) is 1.07. The van der Waals surface area contributed by atoms with Crippen LogP contribution in [0.3, 0.4) is 0 Å². The van der Waals surface area contributed by atoms with Crippen molar-refractivity contribution < 1.29 is 24.0 Å². The highest BCUT2D eigenvalue weighted by Crippen LogP contribution is 1.93. The molecule has 0 aliphatic heterocycles. The van der Waals surface area contributed by atoms with Gasteiger partial charge in [0.15, 0.2) is 0 Å². The minimum absolute atomic E-state index is 0.260. The van der Waals surface area contributed by atoms with Crippen molar-refractivity contribution in [2.24, 2.45) is 0 Å². The van der Waals surface area contributed by atoms with Crippen molar-refractivity contribution in [1.82, 2.24) is 0 Å². The molecule has 7 heteroatoms. The molecule has 0 unspecified atom stereocenters. The quantitative estimate of drug-likeness (QED) is 0.809. The molecule has 0 aliphatic carbocycles. The van der Waals surface area contributed by atoms with Gasteiger partial charge in [-0.2, -0.15) is 0 Å². The van der Waals surface area contributed by atoms with Crippen LogP contribution in [-0.2, 0) is 9.59 Å². The minimum atomic E-state index is -1.08. The molecule has 0 amide bonds. The summed E-state index contributed by atoms with van der Waals surface area (Å²) >= 11 is 0. The third kappa shape index (κ3) is 10.2. The zero-order chi connectivity index (χ0) is 11.7. The van der Waals surface area contributed by atoms with Gasteiger partial charge in [0.05, 0.1) is 12.8 Å². The van der Waals surface area contributed by atoms with Crippen LogP contribution in [-0.4, -0.2) is 22.2 Å². The number of rotatable bonds is 3. The molecular weight excluding hydrogens is 223 g/mol. The first-order valence-corrected chi connectivity index (χ1v) is 4.75. The van der Waals surface area contributed by atoms with Gasteiger partial charge in [0.2, 0.25) is 0 Å². The van der Waals surface area contributed by atoms with Crippen LogP contribution in [0, 0.1) is 0 Å². The van der Waals surface area contributed by atoms with Crippen molar-refractivity contribution in [1.29, 1.82) is 0 Å². The van der Waals surface area contributed by atoms with Crippen molar-refractivity contribution in [3.8, 4) is 0 Å². The van der Waals surface area contributed by atoms with E-state index in [0.29, 0.717) is 8.43 Å². The van der Waals surface area contributed by atoms with E-state index in [-0.39, 0.29) is 18.5 Å². The molecular formula is C8H9O6P. The molecule has 0 radical (unpaired) electrons. The summed E-state index contributed by atoms with van der Waals surface area (Å²) in [6.45, 7) is 0. The van der Waals surface area contributed by atoms with Crippen LogP contribution < -0.4 is 5.63 Å². The Kier molecular flexibility index (Phi) is 6.84. The van der Waals surface area contributed by atoms with E-state index in [1.54, 1.807) is 11.9 Å². The van der Waals surface area contributed by atoms with Crippen molar-refractivity contribution in [3.05, 3.63) is 28.4 Å². The lowest BCUT2D eigenvalue weighted by Crippen LogP contribution is -2.00. The SMILES string of the molecule is O=C(O)CCC(=O)O.O=c1cccpo1. The molecule has 1 aromatic heterocycles. The van der Waals surface area contributed by atoms with Crippen molar-refractivity contribution in [2.75, 3.05) is 0 Å². The molecule has 0 bridgehead atoms. The maximum atomic E-state index is 10.1. The predicted molar refractivity (Wildman–Crippen MR) is 52.0 cm³/mol. The largest absolute Gasteiger partial charge is 0.481 e. The van der Waals surface area contributed by atoms with Crippen molar-refractivity contribution >= 4 is 20.4 Å². The highest BCUT2D eigenvalue weighted by Gasteiger charge is 2.00. The minimum Gasteiger partial charge on any atom is -0.481 e. The van der Waals surface area contributed by atoms with E-state index < -0.39 is 11.9 Å². The summed E-state index contributed by atoms with van der Waals surface area (Å²) < 4.78 is 4.47. The van der Waals surface area contributed by atoms with Gasteiger partial charge >= 0.3 is 17.6 Å². The third-order valence-corrected chi connectivity index (χ3v) is 1.65. The van der Waals surface area contributed by atoms with Crippen LogP contribution in [0.2, 0.25) is 0 Å². The summed E-state index contributed by atoms with van der Waals surface area (Å²) in [5.41, 5.74) is -0.260. The van der Waals surface area contributed by atoms with E-state index in [1.807, 2.05) is 0 Å². The average Bonchev–Trinajstić information content (AvgIpc) is 2.17. The van der Waals surface area contributed by atoms with E-state index >= 15 is 0 Å². The Morgan fingerprint density at radius 2 is 1.80 bits per heavy atom. The summed E-state index contributed by atoms with van der Waals surface area (Å²) in [4.78, 5) is 29.4. The molecule has 0 aliphatic rings. The van der Waals surface area contributed by atoms with Crippen LogP contribution in [0.4, 0.5) is 0 Å². The molecule has 0 spiro atoms. The standard InChI is InChI=1S/C4H6O4.C4H3O2P/c5-3(6)1-2-4(7)8;5-4-2-1-3-7-6-4/h1-2H2,(H,5,6)(H,7,8);1-3H. The van der Waals surface area contributed by atoms with E-state index in [2.05, 4.69) is 4.20 Å². The van der Waals surface area contributed by atoms with Gasteiger partial charge in [-0.1, -0.05) is 0 Å². The van der Waals surface area contributed by atoms with Crippen LogP contribution in [0.25, 0.3) is 0 Å². The van der Waals surface area contributed by atoms with Crippen molar-refractivity contribution in [2.45, 2.75) is 12.8 Å². The second-order valence-electron chi connectivity index (χ2n) is 2.31. The lowest BCUT2D eigenvalue weighted by molar-refractivity contribution is -0.143. The summed E-state index contributed by atoms with van der Waals surface area (Å²) in [7, 11) is 0.631. The Morgan fingerprint density at radius 3 is 2.00 bits per heavy atom. The Morgan fingerprint density at radius 1 is 1.27 bits per heavy atom. The van der Waals surface area contributed by atoms with Crippen LogP contribution in [0.5, 0.6) is 0 Å². The molecule has 0 atom stereocenters. The highest BCUT2D eigenvalue weighted by molar-refractivity contribution is 7.21. The Hall–Kier alpha value is -1.68. The van der Waals surface area contributed by atoms with Gasteiger partial charge in [0.25, 0.3) is 0 Å². The first-order chi connectivity index (χ1) is 7.02. The van der Waals surface area contributed by atoms with Gasteiger partial charge in [-0.05, 0) is 6.07 Å². The number of carbonyl (C=O) groups is 2. The summed E-state index contributed by atoms with van der Waals surface area (Å²) in [5.74, 6) is -0.402. The van der Waals surface area contributed by atoms with Crippen LogP contribution >= 0.6 is 8.43 Å². The number of aliphatic carboxylic acids is 2. The van der Waals surface area contributed by atoms with E-state index in [9.17, 15) is 14.4 Å². The molecule has 82 valence electrons. The number of hydrogen-bond donors (Lipinski definition) is 2. The molecule has 1 aromatic rings. The molecule has 15 heavy (non-hydrogen) atoms. The number of carboxylic acids is 2. The monoisotopic (exact) mass is 232 g/mol. The molecule has 1 heterocycles. The number of hydrogen-bond acceptors (Lipinski definition) is 4. The van der Waals surface area contributed by atoms with E-state index in [1.165, 1.54) is 6.07 Å². The van der Waals surface area contributed by atoms with Gasteiger partial charge < -0.3 is 14.4 Å². The smallest absolute Gasteiger partial charge is 0.338 e. The van der Waals surface area contributed by atoms with E-state index in [4.69, 9.17) is 10.2 Å². The second kappa shape index (κ2) is 7.70. The van der Waals surface area contributed by atoms with Crippen LogP contribution in [0.15, 0.2) is 26.9 Å². The van der Waals surface area contributed by atoms with Crippen LogP contribution in [0.1, 0.15) is 12.8 Å². The van der Waals surface area contributed by atoms with Gasteiger partial charge in [0, 0.05) is 11.9 Å². The Bertz CT molecular complexity index is 340. The lowest BCUT2D eigenvalue weighted by atomic mass is 10.3. The fourth-order valence-corrected chi connectivity index (χ4v) is 0.865.